The molecule has 0 atom stereocenters. The molecule has 36 heavy (non-hydrogen) atoms. The lowest BCUT2D eigenvalue weighted by Gasteiger charge is -2.19. The molecule has 0 heteroatoms. The fraction of sp³-hybridized carbons (Fsp3) is 0.333. The summed E-state index contributed by atoms with van der Waals surface area (Å²) in [5, 5.41) is 0. The maximum Gasteiger partial charge on any atom is -0.00203 e. The topological polar surface area (TPSA) is 0 Å². The van der Waals surface area contributed by atoms with Crippen molar-refractivity contribution in [1.82, 2.24) is 0 Å². The molecule has 4 aromatic rings. The van der Waals surface area contributed by atoms with Gasteiger partial charge >= 0.3 is 0 Å². The smallest absolute Gasteiger partial charge is 0.00203 e. The van der Waals surface area contributed by atoms with Gasteiger partial charge in [0, 0.05) is 0 Å². The SMILES string of the molecule is Cc1cc2c(C)cc1Cc1cc(C)c(cc1C)Cc1cc(C)c(cc1C)Cc1cc(C)c(cc1C)C2. The standard InChI is InChI=1S/C36H40/c1-21-9-30-18-32-13-26(6)34(14-25(32)5)20-36-16-27(7)35(15-28(36)8)19-33-12-23(3)31(11-24(33)4)17-29(21)10-22(30)2/h9-16H,17-20H2,1-8H3. The van der Waals surface area contributed by atoms with E-state index in [-0.39, 0.29) is 0 Å². The van der Waals surface area contributed by atoms with Crippen molar-refractivity contribution >= 4 is 0 Å². The van der Waals surface area contributed by atoms with Crippen molar-refractivity contribution in [2.24, 2.45) is 0 Å². The summed E-state index contributed by atoms with van der Waals surface area (Å²) >= 11 is 0. The third-order valence-corrected chi connectivity index (χ3v) is 8.70. The normalized spacial score (nSPS) is 13.1. The quantitative estimate of drug-likeness (QED) is 0.211. The summed E-state index contributed by atoms with van der Waals surface area (Å²) in [6.45, 7) is 18.3. The first-order valence-corrected chi connectivity index (χ1v) is 13.4. The van der Waals surface area contributed by atoms with E-state index in [2.05, 4.69) is 104 Å². The summed E-state index contributed by atoms with van der Waals surface area (Å²) in [7, 11) is 0. The van der Waals surface area contributed by atoms with Gasteiger partial charge in [0.2, 0.25) is 0 Å². The zero-order valence-corrected chi connectivity index (χ0v) is 23.4. The first kappa shape index (κ1) is 24.6. The molecule has 10 aliphatic rings. The van der Waals surface area contributed by atoms with Gasteiger partial charge in [-0.25, -0.2) is 0 Å². The molecule has 0 spiro atoms. The van der Waals surface area contributed by atoms with Crippen LogP contribution in [-0.2, 0) is 25.7 Å². The van der Waals surface area contributed by atoms with E-state index in [0.29, 0.717) is 0 Å². The molecule has 8 bridgehead atoms. The van der Waals surface area contributed by atoms with Crippen LogP contribution in [0.25, 0.3) is 0 Å². The molecular formula is C36H40. The highest BCUT2D eigenvalue weighted by atomic mass is 14.2. The molecule has 0 fully saturated rings. The van der Waals surface area contributed by atoms with Crippen molar-refractivity contribution < 1.29 is 0 Å². The van der Waals surface area contributed by atoms with Gasteiger partial charge in [0.1, 0.15) is 0 Å². The van der Waals surface area contributed by atoms with Crippen molar-refractivity contribution in [1.29, 1.82) is 0 Å². The Morgan fingerprint density at radius 3 is 0.472 bits per heavy atom. The van der Waals surface area contributed by atoms with Gasteiger partial charge in [-0.15, -0.1) is 0 Å². The second-order valence-electron chi connectivity index (χ2n) is 11.5. The van der Waals surface area contributed by atoms with Crippen LogP contribution in [0.5, 0.6) is 0 Å². The molecule has 0 aromatic heterocycles. The molecule has 4 aromatic carbocycles. The van der Waals surface area contributed by atoms with Crippen LogP contribution in [0.15, 0.2) is 48.5 Å². The Labute approximate surface area is 218 Å². The van der Waals surface area contributed by atoms with E-state index in [1.807, 2.05) is 0 Å². The molecule has 184 valence electrons. The summed E-state index contributed by atoms with van der Waals surface area (Å²) in [6, 6.07) is 19.5. The molecule has 0 unspecified atom stereocenters. The van der Waals surface area contributed by atoms with E-state index in [1.165, 1.54) is 89.0 Å². The molecule has 0 saturated carbocycles. The molecule has 0 radical (unpaired) electrons. The van der Waals surface area contributed by atoms with Crippen LogP contribution >= 0.6 is 0 Å². The highest BCUT2D eigenvalue weighted by Gasteiger charge is 2.15. The molecule has 10 aliphatic carbocycles. The minimum atomic E-state index is 1.000. The van der Waals surface area contributed by atoms with E-state index in [0.717, 1.165) is 25.7 Å². The predicted octanol–water partition coefficient (Wildman–Crippen LogP) is 8.83. The van der Waals surface area contributed by atoms with Gasteiger partial charge in [-0.3, -0.25) is 0 Å². The van der Waals surface area contributed by atoms with Crippen molar-refractivity contribution in [2.45, 2.75) is 81.1 Å². The Kier molecular flexibility index (Phi) is 6.41. The summed E-state index contributed by atoms with van der Waals surface area (Å²) in [5.41, 5.74) is 22.8. The van der Waals surface area contributed by atoms with Crippen molar-refractivity contribution in [2.75, 3.05) is 0 Å². The van der Waals surface area contributed by atoms with Gasteiger partial charge < -0.3 is 0 Å². The fourth-order valence-electron chi connectivity index (χ4n) is 6.09. The molecule has 0 N–H and O–H groups in total. The number of benzene rings is 4. The average molecular weight is 473 g/mol. The number of hydrogen-bond donors (Lipinski definition) is 0. The van der Waals surface area contributed by atoms with Gasteiger partial charge in [-0.05, 0) is 170 Å². The van der Waals surface area contributed by atoms with Gasteiger partial charge in [0.25, 0.3) is 0 Å². The highest BCUT2D eigenvalue weighted by molar-refractivity contribution is 5.50. The second kappa shape index (κ2) is 9.40. The Morgan fingerprint density at radius 1 is 0.250 bits per heavy atom. The number of rotatable bonds is 0. The van der Waals surface area contributed by atoms with Gasteiger partial charge in [0.05, 0.1) is 0 Å². The maximum atomic E-state index is 2.44. The van der Waals surface area contributed by atoms with Crippen LogP contribution < -0.4 is 0 Å². The minimum absolute atomic E-state index is 1.000. The van der Waals surface area contributed by atoms with E-state index < -0.39 is 0 Å². The zero-order chi connectivity index (χ0) is 25.7. The van der Waals surface area contributed by atoms with E-state index in [1.54, 1.807) is 0 Å². The first-order valence-electron chi connectivity index (χ1n) is 13.4. The molecule has 0 amide bonds. The fourth-order valence-corrected chi connectivity index (χ4v) is 6.09. The molecule has 0 nitrogen and oxygen atoms in total. The number of hydrogen-bond acceptors (Lipinski definition) is 0. The molecular weight excluding hydrogens is 432 g/mol. The van der Waals surface area contributed by atoms with Crippen LogP contribution in [0, 0.1) is 55.4 Å². The molecule has 0 heterocycles. The summed E-state index contributed by atoms with van der Waals surface area (Å²) in [6.07, 6.45) is 4.00. The molecule has 0 aliphatic heterocycles. The van der Waals surface area contributed by atoms with Crippen molar-refractivity contribution in [3.05, 3.63) is 138 Å². The third-order valence-electron chi connectivity index (χ3n) is 8.70. The van der Waals surface area contributed by atoms with Crippen molar-refractivity contribution in [3.63, 3.8) is 0 Å². The summed E-state index contributed by atoms with van der Waals surface area (Å²) in [5.74, 6) is 0. The van der Waals surface area contributed by atoms with Crippen LogP contribution in [0.4, 0.5) is 0 Å². The van der Waals surface area contributed by atoms with Crippen LogP contribution in [0.3, 0.4) is 0 Å². The van der Waals surface area contributed by atoms with E-state index in [4.69, 9.17) is 0 Å². The lowest BCUT2D eigenvalue weighted by atomic mass is 9.86. The van der Waals surface area contributed by atoms with Gasteiger partial charge in [0.15, 0.2) is 0 Å². The second-order valence-corrected chi connectivity index (χ2v) is 11.5. The largest absolute Gasteiger partial charge is 0.0552 e. The average Bonchev–Trinajstić information content (AvgIpc) is 2.80. The zero-order valence-electron chi connectivity index (χ0n) is 23.4. The first-order chi connectivity index (χ1) is 17.1. The monoisotopic (exact) mass is 472 g/mol. The Morgan fingerprint density at radius 2 is 0.361 bits per heavy atom. The summed E-state index contributed by atoms with van der Waals surface area (Å²) < 4.78 is 0. The van der Waals surface area contributed by atoms with E-state index >= 15 is 0 Å². The predicted molar refractivity (Wildman–Crippen MR) is 155 cm³/mol. The lowest BCUT2D eigenvalue weighted by Crippen LogP contribution is -2.05. The molecule has 14 rings (SSSR count). The van der Waals surface area contributed by atoms with Crippen LogP contribution in [0.2, 0.25) is 0 Å². The van der Waals surface area contributed by atoms with E-state index in [9.17, 15) is 0 Å². The van der Waals surface area contributed by atoms with Crippen LogP contribution in [0.1, 0.15) is 89.0 Å². The Balaban J connectivity index is 1.70. The van der Waals surface area contributed by atoms with Gasteiger partial charge in [-0.2, -0.15) is 0 Å². The summed E-state index contributed by atoms with van der Waals surface area (Å²) in [4.78, 5) is 0. The highest BCUT2D eigenvalue weighted by Crippen LogP contribution is 2.29. The number of aryl methyl sites for hydroxylation is 8. The van der Waals surface area contributed by atoms with Crippen molar-refractivity contribution in [3.8, 4) is 0 Å². The maximum absolute atomic E-state index is 2.44. The minimum Gasteiger partial charge on any atom is -0.0552 e. The Bertz CT molecular complexity index is 1150. The van der Waals surface area contributed by atoms with Gasteiger partial charge in [-0.1, -0.05) is 48.5 Å². The molecule has 0 saturated heterocycles. The Hall–Kier alpha value is -3.12. The lowest BCUT2D eigenvalue weighted by molar-refractivity contribution is 1.03. The third kappa shape index (κ3) is 4.66. The van der Waals surface area contributed by atoms with Crippen LogP contribution in [-0.4, -0.2) is 0 Å².